The predicted octanol–water partition coefficient (Wildman–Crippen LogP) is 4.17. The van der Waals surface area contributed by atoms with Gasteiger partial charge in [-0.25, -0.2) is 0 Å². The molecule has 0 radical (unpaired) electrons. The van der Waals surface area contributed by atoms with E-state index in [1.54, 1.807) is 12.1 Å². The van der Waals surface area contributed by atoms with E-state index in [1.807, 2.05) is 6.07 Å². The summed E-state index contributed by atoms with van der Waals surface area (Å²) in [5.74, 6) is 0.367. The van der Waals surface area contributed by atoms with Gasteiger partial charge in [0.15, 0.2) is 0 Å². The van der Waals surface area contributed by atoms with Gasteiger partial charge in [-0.2, -0.15) is 0 Å². The summed E-state index contributed by atoms with van der Waals surface area (Å²) in [5.41, 5.74) is 0.966. The van der Waals surface area contributed by atoms with Crippen molar-refractivity contribution in [1.29, 1.82) is 0 Å². The Bertz CT molecular complexity index is 284. The van der Waals surface area contributed by atoms with Gasteiger partial charge in [0, 0.05) is 5.02 Å². The zero-order chi connectivity index (χ0) is 10.4. The lowest BCUT2D eigenvalue weighted by Gasteiger charge is -2.04. The van der Waals surface area contributed by atoms with Crippen molar-refractivity contribution in [2.24, 2.45) is 0 Å². The average molecular weight is 213 g/mol. The van der Waals surface area contributed by atoms with Crippen molar-refractivity contribution in [3.05, 3.63) is 28.8 Å². The fourth-order valence-corrected chi connectivity index (χ4v) is 1.69. The molecule has 78 valence electrons. The van der Waals surface area contributed by atoms with Crippen molar-refractivity contribution in [3.63, 3.8) is 0 Å². The molecule has 0 aliphatic heterocycles. The highest BCUT2D eigenvalue weighted by Crippen LogP contribution is 2.23. The van der Waals surface area contributed by atoms with Gasteiger partial charge < -0.3 is 5.11 Å². The van der Waals surface area contributed by atoms with Crippen LogP contribution in [0.5, 0.6) is 5.75 Å². The van der Waals surface area contributed by atoms with Crippen LogP contribution in [-0.4, -0.2) is 5.11 Å². The highest BCUT2D eigenvalue weighted by atomic mass is 35.5. The summed E-state index contributed by atoms with van der Waals surface area (Å²) >= 11 is 5.85. The average Bonchev–Trinajstić information content (AvgIpc) is 2.18. The van der Waals surface area contributed by atoms with Crippen LogP contribution in [0.1, 0.15) is 38.2 Å². The summed E-state index contributed by atoms with van der Waals surface area (Å²) in [6, 6.07) is 5.23. The Morgan fingerprint density at radius 2 is 2.00 bits per heavy atom. The topological polar surface area (TPSA) is 20.2 Å². The third-order valence-corrected chi connectivity index (χ3v) is 2.58. The second kappa shape index (κ2) is 5.92. The molecule has 0 unspecified atom stereocenters. The molecule has 1 N–H and O–H groups in total. The van der Waals surface area contributed by atoms with Gasteiger partial charge in [-0.3, -0.25) is 0 Å². The molecular weight excluding hydrogens is 196 g/mol. The number of benzene rings is 1. The maximum atomic E-state index is 9.53. The fourth-order valence-electron chi connectivity index (χ4n) is 1.50. The van der Waals surface area contributed by atoms with Gasteiger partial charge in [-0.15, -0.1) is 0 Å². The molecule has 0 aromatic heterocycles. The highest BCUT2D eigenvalue weighted by Gasteiger charge is 2.01. The van der Waals surface area contributed by atoms with E-state index in [-0.39, 0.29) is 0 Å². The maximum Gasteiger partial charge on any atom is 0.118 e. The highest BCUT2D eigenvalue weighted by molar-refractivity contribution is 6.30. The van der Waals surface area contributed by atoms with Crippen LogP contribution in [0, 0.1) is 0 Å². The molecule has 1 aromatic carbocycles. The van der Waals surface area contributed by atoms with Gasteiger partial charge >= 0.3 is 0 Å². The first-order valence-electron chi connectivity index (χ1n) is 5.21. The van der Waals surface area contributed by atoms with E-state index in [0.29, 0.717) is 10.8 Å². The largest absolute Gasteiger partial charge is 0.508 e. The number of hydrogen-bond acceptors (Lipinski definition) is 1. The zero-order valence-electron chi connectivity index (χ0n) is 8.59. The van der Waals surface area contributed by atoms with Crippen molar-refractivity contribution < 1.29 is 5.11 Å². The summed E-state index contributed by atoms with van der Waals surface area (Å²) < 4.78 is 0. The third-order valence-electron chi connectivity index (χ3n) is 2.34. The van der Waals surface area contributed by atoms with Crippen LogP contribution in [0.4, 0.5) is 0 Å². The minimum atomic E-state index is 0.367. The Hall–Kier alpha value is -0.690. The van der Waals surface area contributed by atoms with Crippen LogP contribution < -0.4 is 0 Å². The molecule has 0 aliphatic carbocycles. The molecular formula is C12H17ClO. The lowest BCUT2D eigenvalue weighted by atomic mass is 10.1. The van der Waals surface area contributed by atoms with Crippen LogP contribution in [0.25, 0.3) is 0 Å². The first kappa shape index (κ1) is 11.4. The molecule has 0 fully saturated rings. The van der Waals surface area contributed by atoms with Crippen molar-refractivity contribution >= 4 is 11.6 Å². The van der Waals surface area contributed by atoms with Crippen LogP contribution in [0.15, 0.2) is 18.2 Å². The first-order chi connectivity index (χ1) is 6.74. The number of halogens is 1. The molecule has 1 aromatic rings. The second-order valence-electron chi connectivity index (χ2n) is 3.58. The van der Waals surface area contributed by atoms with Crippen molar-refractivity contribution in [1.82, 2.24) is 0 Å². The SMILES string of the molecule is CCCCCCc1cc(Cl)ccc1O. The lowest BCUT2D eigenvalue weighted by Crippen LogP contribution is -1.86. The van der Waals surface area contributed by atoms with Gasteiger partial charge in [0.05, 0.1) is 0 Å². The van der Waals surface area contributed by atoms with Gasteiger partial charge in [-0.05, 0) is 36.6 Å². The molecule has 0 bridgehead atoms. The number of aryl methyl sites for hydroxylation is 1. The van der Waals surface area contributed by atoms with Crippen molar-refractivity contribution in [2.45, 2.75) is 39.0 Å². The molecule has 2 heteroatoms. The van der Waals surface area contributed by atoms with E-state index >= 15 is 0 Å². The van der Waals surface area contributed by atoms with Crippen molar-refractivity contribution in [3.8, 4) is 5.75 Å². The van der Waals surface area contributed by atoms with Crippen LogP contribution in [-0.2, 0) is 6.42 Å². The Balaban J connectivity index is 2.45. The smallest absolute Gasteiger partial charge is 0.118 e. The summed E-state index contributed by atoms with van der Waals surface area (Å²) in [4.78, 5) is 0. The Labute approximate surface area is 90.7 Å². The Morgan fingerprint density at radius 1 is 1.21 bits per heavy atom. The third kappa shape index (κ3) is 3.59. The summed E-state index contributed by atoms with van der Waals surface area (Å²) in [5, 5.41) is 10.2. The maximum absolute atomic E-state index is 9.53. The predicted molar refractivity (Wildman–Crippen MR) is 61.0 cm³/mol. The van der Waals surface area contributed by atoms with Crippen LogP contribution >= 0.6 is 11.6 Å². The van der Waals surface area contributed by atoms with E-state index < -0.39 is 0 Å². The summed E-state index contributed by atoms with van der Waals surface area (Å²) in [6.07, 6.45) is 5.78. The van der Waals surface area contributed by atoms with Gasteiger partial charge in [0.2, 0.25) is 0 Å². The molecule has 0 aliphatic rings. The molecule has 0 saturated heterocycles. The Kier molecular flexibility index (Phi) is 4.81. The van der Waals surface area contributed by atoms with Crippen molar-refractivity contribution in [2.75, 3.05) is 0 Å². The summed E-state index contributed by atoms with van der Waals surface area (Å²) in [6.45, 7) is 2.19. The lowest BCUT2D eigenvalue weighted by molar-refractivity contribution is 0.466. The van der Waals surface area contributed by atoms with Crippen LogP contribution in [0.2, 0.25) is 5.02 Å². The van der Waals surface area contributed by atoms with E-state index in [9.17, 15) is 5.11 Å². The molecule has 1 nitrogen and oxygen atoms in total. The number of aromatic hydroxyl groups is 1. The van der Waals surface area contributed by atoms with Gasteiger partial charge in [0.1, 0.15) is 5.75 Å². The minimum absolute atomic E-state index is 0.367. The number of hydrogen-bond donors (Lipinski definition) is 1. The second-order valence-corrected chi connectivity index (χ2v) is 4.02. The number of rotatable bonds is 5. The van der Waals surface area contributed by atoms with E-state index in [2.05, 4.69) is 6.92 Å². The molecule has 0 spiro atoms. The quantitative estimate of drug-likeness (QED) is 0.727. The van der Waals surface area contributed by atoms with Crippen LogP contribution in [0.3, 0.4) is 0 Å². The molecule has 0 saturated carbocycles. The monoisotopic (exact) mass is 212 g/mol. The molecule has 0 amide bonds. The molecule has 0 heterocycles. The number of phenolic OH excluding ortho intramolecular Hbond substituents is 1. The number of phenols is 1. The van der Waals surface area contributed by atoms with E-state index in [0.717, 1.165) is 18.4 Å². The van der Waals surface area contributed by atoms with E-state index in [1.165, 1.54) is 19.3 Å². The Morgan fingerprint density at radius 3 is 2.71 bits per heavy atom. The molecule has 14 heavy (non-hydrogen) atoms. The van der Waals surface area contributed by atoms with E-state index in [4.69, 9.17) is 11.6 Å². The normalized spacial score (nSPS) is 10.4. The summed E-state index contributed by atoms with van der Waals surface area (Å²) in [7, 11) is 0. The zero-order valence-corrected chi connectivity index (χ0v) is 9.35. The minimum Gasteiger partial charge on any atom is -0.508 e. The van der Waals surface area contributed by atoms with Gasteiger partial charge in [0.25, 0.3) is 0 Å². The molecule has 1 rings (SSSR count). The fraction of sp³-hybridized carbons (Fsp3) is 0.500. The first-order valence-corrected chi connectivity index (χ1v) is 5.59. The molecule has 0 atom stereocenters. The van der Waals surface area contributed by atoms with Gasteiger partial charge in [-0.1, -0.05) is 37.8 Å². The number of unbranched alkanes of at least 4 members (excludes halogenated alkanes) is 3. The standard InChI is InChI=1S/C12H17ClO/c1-2-3-4-5-6-10-9-11(13)7-8-12(10)14/h7-9,14H,2-6H2,1H3.